The van der Waals surface area contributed by atoms with Crippen LogP contribution in [0, 0.1) is 5.82 Å². The van der Waals surface area contributed by atoms with Crippen molar-refractivity contribution < 1.29 is 9.13 Å². The fourth-order valence-corrected chi connectivity index (χ4v) is 3.12. The van der Waals surface area contributed by atoms with Gasteiger partial charge in [0.15, 0.2) is 16.8 Å². The third kappa shape index (κ3) is 6.87. The minimum atomic E-state index is -0.554. The van der Waals surface area contributed by atoms with Crippen molar-refractivity contribution in [2.45, 2.75) is 26.5 Å². The summed E-state index contributed by atoms with van der Waals surface area (Å²) in [5.41, 5.74) is 2.07. The van der Waals surface area contributed by atoms with Crippen LogP contribution in [0.5, 0.6) is 6.01 Å². The molecule has 0 saturated heterocycles. The van der Waals surface area contributed by atoms with E-state index in [4.69, 9.17) is 4.74 Å². The number of ether oxygens (including phenoxy) is 1. The van der Waals surface area contributed by atoms with Crippen LogP contribution < -0.4 is 10.1 Å². The molecule has 5 nitrogen and oxygen atoms in total. The van der Waals surface area contributed by atoms with Gasteiger partial charge < -0.3 is 10.1 Å². The lowest BCUT2D eigenvalue weighted by Gasteiger charge is -2.11. The highest BCUT2D eigenvalue weighted by Crippen LogP contribution is 2.18. The molecule has 0 aliphatic heterocycles. The lowest BCUT2D eigenvalue weighted by molar-refractivity contribution is 0.280. The number of anilines is 1. The molecule has 150 valence electrons. The van der Waals surface area contributed by atoms with Gasteiger partial charge in [0.2, 0.25) is 0 Å². The molecule has 0 spiro atoms. The molecule has 1 aromatic heterocycles. The minimum Gasteiger partial charge on any atom is -0.459 e. The van der Waals surface area contributed by atoms with Gasteiger partial charge in [0.1, 0.15) is 6.61 Å². The van der Waals surface area contributed by atoms with Crippen LogP contribution in [-0.4, -0.2) is 20.9 Å². The maximum atomic E-state index is 14.3. The Labute approximate surface area is 174 Å². The van der Waals surface area contributed by atoms with Crippen LogP contribution in [0.4, 0.5) is 10.2 Å². The zero-order valence-electron chi connectivity index (χ0n) is 16.2. The molecule has 0 bridgehead atoms. The molecule has 2 aromatic carbocycles. The van der Waals surface area contributed by atoms with Gasteiger partial charge in [0, 0.05) is 5.75 Å². The standard InChI is InChI=1S/C22H23FN4OS/c1-2-13-29-22(25-14-17-9-5-3-6-10-17)27-20-19(23)15-24-21(26-20)28-16-18-11-7-4-8-12-18/h3-12,15H,2,13-14,16H2,1H3,(H,24,25,26,27). The van der Waals surface area contributed by atoms with Crippen molar-refractivity contribution in [2.24, 2.45) is 4.99 Å². The van der Waals surface area contributed by atoms with Crippen molar-refractivity contribution in [3.05, 3.63) is 83.8 Å². The topological polar surface area (TPSA) is 59.4 Å². The molecule has 0 radical (unpaired) electrons. The van der Waals surface area contributed by atoms with E-state index in [2.05, 4.69) is 27.2 Å². The molecule has 0 atom stereocenters. The van der Waals surface area contributed by atoms with E-state index >= 15 is 0 Å². The first-order valence-corrected chi connectivity index (χ1v) is 10.4. The second kappa shape index (κ2) is 11.2. The molecule has 29 heavy (non-hydrogen) atoms. The molecule has 0 saturated carbocycles. The molecule has 3 aromatic rings. The van der Waals surface area contributed by atoms with Gasteiger partial charge in [-0.15, -0.1) is 0 Å². The highest BCUT2D eigenvalue weighted by molar-refractivity contribution is 8.14. The second-order valence-electron chi connectivity index (χ2n) is 6.20. The number of halogens is 1. The van der Waals surface area contributed by atoms with Crippen molar-refractivity contribution in [1.82, 2.24) is 9.97 Å². The molecule has 1 N–H and O–H groups in total. The smallest absolute Gasteiger partial charge is 0.318 e. The summed E-state index contributed by atoms with van der Waals surface area (Å²) in [6.45, 7) is 2.90. The average molecular weight is 411 g/mol. The summed E-state index contributed by atoms with van der Waals surface area (Å²) >= 11 is 1.53. The first kappa shape index (κ1) is 20.8. The van der Waals surface area contributed by atoms with Gasteiger partial charge in [-0.2, -0.15) is 4.98 Å². The van der Waals surface area contributed by atoms with E-state index in [0.717, 1.165) is 29.5 Å². The molecular formula is C22H23FN4OS. The van der Waals surface area contributed by atoms with E-state index in [1.165, 1.54) is 11.8 Å². The molecule has 0 fully saturated rings. The number of nitrogens with zero attached hydrogens (tertiary/aromatic N) is 3. The van der Waals surface area contributed by atoms with Gasteiger partial charge in [-0.3, -0.25) is 4.99 Å². The van der Waals surface area contributed by atoms with Crippen LogP contribution in [-0.2, 0) is 13.2 Å². The number of aliphatic imine (C=N–C) groups is 1. The number of nitrogens with one attached hydrogen (secondary N) is 1. The van der Waals surface area contributed by atoms with Crippen molar-refractivity contribution in [3.8, 4) is 6.01 Å². The third-order valence-electron chi connectivity index (χ3n) is 3.85. The lowest BCUT2D eigenvalue weighted by atomic mass is 10.2. The molecule has 1 heterocycles. The summed E-state index contributed by atoms with van der Waals surface area (Å²) in [5.74, 6) is 0.366. The number of hydrogen-bond acceptors (Lipinski definition) is 5. The molecule has 3 rings (SSSR count). The van der Waals surface area contributed by atoms with Crippen molar-refractivity contribution in [1.29, 1.82) is 0 Å². The quantitative estimate of drug-likeness (QED) is 0.403. The Morgan fingerprint density at radius 2 is 1.76 bits per heavy atom. The van der Waals surface area contributed by atoms with Crippen LogP contribution in [0.15, 0.2) is 71.9 Å². The maximum absolute atomic E-state index is 14.3. The summed E-state index contributed by atoms with van der Waals surface area (Å²) in [5, 5.41) is 3.61. The average Bonchev–Trinajstić information content (AvgIpc) is 2.77. The first-order valence-electron chi connectivity index (χ1n) is 9.42. The van der Waals surface area contributed by atoms with Crippen molar-refractivity contribution in [3.63, 3.8) is 0 Å². The Balaban J connectivity index is 1.70. The number of aromatic nitrogens is 2. The zero-order valence-corrected chi connectivity index (χ0v) is 17.0. The van der Waals surface area contributed by atoms with E-state index in [9.17, 15) is 4.39 Å². The Hall–Kier alpha value is -2.93. The molecule has 0 amide bonds. The Morgan fingerprint density at radius 3 is 2.45 bits per heavy atom. The number of hydrogen-bond donors (Lipinski definition) is 1. The van der Waals surface area contributed by atoms with E-state index in [1.54, 1.807) is 0 Å². The van der Waals surface area contributed by atoms with Crippen LogP contribution in [0.3, 0.4) is 0 Å². The molecule has 0 aliphatic carbocycles. The van der Waals surface area contributed by atoms with Gasteiger partial charge >= 0.3 is 6.01 Å². The fraction of sp³-hybridized carbons (Fsp3) is 0.227. The predicted octanol–water partition coefficient (Wildman–Crippen LogP) is 5.31. The fourth-order valence-electron chi connectivity index (χ4n) is 2.40. The number of amidine groups is 1. The first-order chi connectivity index (χ1) is 14.2. The minimum absolute atomic E-state index is 0.0541. The van der Waals surface area contributed by atoms with E-state index in [1.807, 2.05) is 60.7 Å². The highest BCUT2D eigenvalue weighted by atomic mass is 32.2. The number of rotatable bonds is 8. The predicted molar refractivity (Wildman–Crippen MR) is 117 cm³/mol. The van der Waals surface area contributed by atoms with E-state index in [-0.39, 0.29) is 11.8 Å². The summed E-state index contributed by atoms with van der Waals surface area (Å²) in [7, 11) is 0. The SMILES string of the molecule is CCCSC(=NCc1ccccc1)Nc1nc(OCc2ccccc2)ncc1F. The Morgan fingerprint density at radius 1 is 1.07 bits per heavy atom. The van der Waals surface area contributed by atoms with Crippen LogP contribution in [0.25, 0.3) is 0 Å². The van der Waals surface area contributed by atoms with Gasteiger partial charge in [0.05, 0.1) is 12.7 Å². The van der Waals surface area contributed by atoms with Gasteiger partial charge in [-0.05, 0) is 17.5 Å². The molecular weight excluding hydrogens is 387 g/mol. The van der Waals surface area contributed by atoms with Crippen LogP contribution in [0.1, 0.15) is 24.5 Å². The molecule has 0 aliphatic rings. The number of thioether (sulfide) groups is 1. The molecule has 0 unspecified atom stereocenters. The van der Waals surface area contributed by atoms with Crippen molar-refractivity contribution in [2.75, 3.05) is 11.1 Å². The Bertz CT molecular complexity index is 923. The summed E-state index contributed by atoms with van der Waals surface area (Å²) in [6.07, 6.45) is 2.09. The third-order valence-corrected chi connectivity index (χ3v) is 4.97. The largest absolute Gasteiger partial charge is 0.459 e. The normalized spacial score (nSPS) is 11.3. The summed E-state index contributed by atoms with van der Waals surface area (Å²) in [6, 6.07) is 19.7. The van der Waals surface area contributed by atoms with E-state index in [0.29, 0.717) is 18.3 Å². The monoisotopic (exact) mass is 410 g/mol. The maximum Gasteiger partial charge on any atom is 0.318 e. The lowest BCUT2D eigenvalue weighted by Crippen LogP contribution is -2.13. The van der Waals surface area contributed by atoms with Gasteiger partial charge in [-0.25, -0.2) is 9.37 Å². The molecule has 7 heteroatoms. The van der Waals surface area contributed by atoms with Crippen LogP contribution >= 0.6 is 11.8 Å². The second-order valence-corrected chi connectivity index (χ2v) is 7.29. The van der Waals surface area contributed by atoms with E-state index < -0.39 is 5.82 Å². The van der Waals surface area contributed by atoms with Crippen LogP contribution in [0.2, 0.25) is 0 Å². The number of benzene rings is 2. The van der Waals surface area contributed by atoms with Gasteiger partial charge in [0.25, 0.3) is 0 Å². The van der Waals surface area contributed by atoms with Gasteiger partial charge in [-0.1, -0.05) is 79.3 Å². The summed E-state index contributed by atoms with van der Waals surface area (Å²) in [4.78, 5) is 12.7. The highest BCUT2D eigenvalue weighted by Gasteiger charge is 2.11. The summed E-state index contributed by atoms with van der Waals surface area (Å²) < 4.78 is 19.9. The Kier molecular flexibility index (Phi) is 8.01. The zero-order chi connectivity index (χ0) is 20.3. The van der Waals surface area contributed by atoms with Crippen molar-refractivity contribution >= 4 is 22.7 Å².